The summed E-state index contributed by atoms with van der Waals surface area (Å²) in [5, 5.41) is 3.30. The SMILES string of the molecule is CCCNCc1cn(Cc2cccc(F)c2)cn1. The molecule has 1 heterocycles. The van der Waals surface area contributed by atoms with Gasteiger partial charge in [-0.1, -0.05) is 19.1 Å². The largest absolute Gasteiger partial charge is 0.333 e. The molecule has 3 nitrogen and oxygen atoms in total. The van der Waals surface area contributed by atoms with Gasteiger partial charge in [0, 0.05) is 19.3 Å². The van der Waals surface area contributed by atoms with Crippen LogP contribution in [0.5, 0.6) is 0 Å². The Morgan fingerprint density at radius 1 is 1.39 bits per heavy atom. The number of rotatable bonds is 6. The zero-order valence-electron chi connectivity index (χ0n) is 10.6. The Labute approximate surface area is 107 Å². The van der Waals surface area contributed by atoms with Crippen LogP contribution < -0.4 is 5.32 Å². The van der Waals surface area contributed by atoms with E-state index in [1.54, 1.807) is 18.5 Å². The molecule has 0 atom stereocenters. The van der Waals surface area contributed by atoms with Crippen molar-refractivity contribution in [3.63, 3.8) is 0 Å². The lowest BCUT2D eigenvalue weighted by atomic mass is 10.2. The van der Waals surface area contributed by atoms with Gasteiger partial charge in [-0.25, -0.2) is 9.37 Å². The molecular formula is C14H18FN3. The van der Waals surface area contributed by atoms with Crippen molar-refractivity contribution in [1.29, 1.82) is 0 Å². The molecule has 0 saturated carbocycles. The quantitative estimate of drug-likeness (QED) is 0.795. The summed E-state index contributed by atoms with van der Waals surface area (Å²) in [7, 11) is 0. The lowest BCUT2D eigenvalue weighted by molar-refractivity contribution is 0.623. The van der Waals surface area contributed by atoms with Crippen LogP contribution >= 0.6 is 0 Å². The van der Waals surface area contributed by atoms with E-state index in [9.17, 15) is 4.39 Å². The number of hydrogen-bond acceptors (Lipinski definition) is 2. The Bertz CT molecular complexity index is 493. The Morgan fingerprint density at radius 3 is 3.06 bits per heavy atom. The first-order valence-electron chi connectivity index (χ1n) is 6.23. The minimum absolute atomic E-state index is 0.197. The molecule has 2 rings (SSSR count). The maximum absolute atomic E-state index is 13.0. The molecule has 0 spiro atoms. The molecule has 1 aromatic heterocycles. The first-order valence-corrected chi connectivity index (χ1v) is 6.23. The fraction of sp³-hybridized carbons (Fsp3) is 0.357. The molecule has 96 valence electrons. The van der Waals surface area contributed by atoms with Crippen molar-refractivity contribution < 1.29 is 4.39 Å². The van der Waals surface area contributed by atoms with Crippen LogP contribution in [0.2, 0.25) is 0 Å². The molecule has 0 radical (unpaired) electrons. The third-order valence-electron chi connectivity index (χ3n) is 2.67. The van der Waals surface area contributed by atoms with Gasteiger partial charge < -0.3 is 9.88 Å². The van der Waals surface area contributed by atoms with Crippen molar-refractivity contribution in [2.45, 2.75) is 26.4 Å². The monoisotopic (exact) mass is 247 g/mol. The summed E-state index contributed by atoms with van der Waals surface area (Å²) < 4.78 is 15.0. The van der Waals surface area contributed by atoms with Crippen LogP contribution in [0.3, 0.4) is 0 Å². The third kappa shape index (κ3) is 3.67. The van der Waals surface area contributed by atoms with Gasteiger partial charge in [-0.2, -0.15) is 0 Å². The van der Waals surface area contributed by atoms with Gasteiger partial charge in [-0.3, -0.25) is 0 Å². The lowest BCUT2D eigenvalue weighted by Crippen LogP contribution is -2.13. The predicted molar refractivity (Wildman–Crippen MR) is 69.7 cm³/mol. The standard InChI is InChI=1S/C14H18FN3/c1-2-6-16-8-14-10-18(11-17-14)9-12-4-3-5-13(15)7-12/h3-5,7,10-11,16H,2,6,8-9H2,1H3. The van der Waals surface area contributed by atoms with Crippen molar-refractivity contribution in [1.82, 2.24) is 14.9 Å². The van der Waals surface area contributed by atoms with Gasteiger partial charge in [0.2, 0.25) is 0 Å². The summed E-state index contributed by atoms with van der Waals surface area (Å²) in [5.41, 5.74) is 1.96. The number of imidazole rings is 1. The van der Waals surface area contributed by atoms with Crippen LogP contribution in [0, 0.1) is 5.82 Å². The highest BCUT2D eigenvalue weighted by molar-refractivity contribution is 5.17. The fourth-order valence-corrected chi connectivity index (χ4v) is 1.82. The van der Waals surface area contributed by atoms with Crippen LogP contribution in [0.15, 0.2) is 36.8 Å². The molecule has 0 amide bonds. The Morgan fingerprint density at radius 2 is 2.28 bits per heavy atom. The van der Waals surface area contributed by atoms with E-state index in [-0.39, 0.29) is 5.82 Å². The number of aromatic nitrogens is 2. The Balaban J connectivity index is 1.94. The second kappa shape index (κ2) is 6.31. The van der Waals surface area contributed by atoms with Crippen LogP contribution in [-0.4, -0.2) is 16.1 Å². The number of halogens is 1. The van der Waals surface area contributed by atoms with Crippen molar-refractivity contribution >= 4 is 0 Å². The van der Waals surface area contributed by atoms with Crippen molar-refractivity contribution in [2.24, 2.45) is 0 Å². The highest BCUT2D eigenvalue weighted by Gasteiger charge is 2.00. The smallest absolute Gasteiger partial charge is 0.123 e. The molecule has 0 unspecified atom stereocenters. The normalized spacial score (nSPS) is 10.8. The maximum atomic E-state index is 13.0. The average Bonchev–Trinajstić information content (AvgIpc) is 2.77. The molecule has 4 heteroatoms. The average molecular weight is 247 g/mol. The summed E-state index contributed by atoms with van der Waals surface area (Å²) in [6.07, 6.45) is 4.89. The summed E-state index contributed by atoms with van der Waals surface area (Å²) in [5.74, 6) is -0.197. The molecule has 1 aromatic carbocycles. The van der Waals surface area contributed by atoms with Crippen molar-refractivity contribution in [2.75, 3.05) is 6.54 Å². The van der Waals surface area contributed by atoms with Gasteiger partial charge in [0.05, 0.1) is 12.0 Å². The van der Waals surface area contributed by atoms with E-state index in [0.29, 0.717) is 6.54 Å². The van der Waals surface area contributed by atoms with Crippen LogP contribution in [0.4, 0.5) is 4.39 Å². The van der Waals surface area contributed by atoms with E-state index in [0.717, 1.165) is 30.8 Å². The predicted octanol–water partition coefficient (Wildman–Crippen LogP) is 2.57. The van der Waals surface area contributed by atoms with Gasteiger partial charge in [0.25, 0.3) is 0 Å². The second-order valence-corrected chi connectivity index (χ2v) is 4.34. The highest BCUT2D eigenvalue weighted by atomic mass is 19.1. The van der Waals surface area contributed by atoms with E-state index in [2.05, 4.69) is 17.2 Å². The third-order valence-corrected chi connectivity index (χ3v) is 2.67. The van der Waals surface area contributed by atoms with Gasteiger partial charge in [-0.05, 0) is 30.7 Å². The molecule has 0 aliphatic heterocycles. The van der Waals surface area contributed by atoms with Crippen molar-refractivity contribution in [3.8, 4) is 0 Å². The van der Waals surface area contributed by atoms with Crippen LogP contribution in [0.25, 0.3) is 0 Å². The molecule has 0 aliphatic rings. The molecule has 2 aromatic rings. The summed E-state index contributed by atoms with van der Waals surface area (Å²) in [6, 6.07) is 6.65. The molecular weight excluding hydrogens is 229 g/mol. The first kappa shape index (κ1) is 12.8. The van der Waals surface area contributed by atoms with Crippen LogP contribution in [-0.2, 0) is 13.1 Å². The molecule has 0 saturated heterocycles. The minimum Gasteiger partial charge on any atom is -0.333 e. The van der Waals surface area contributed by atoms with E-state index in [1.165, 1.54) is 6.07 Å². The zero-order chi connectivity index (χ0) is 12.8. The second-order valence-electron chi connectivity index (χ2n) is 4.34. The lowest BCUT2D eigenvalue weighted by Gasteiger charge is -2.02. The highest BCUT2D eigenvalue weighted by Crippen LogP contribution is 2.06. The van der Waals surface area contributed by atoms with Gasteiger partial charge in [-0.15, -0.1) is 0 Å². The van der Waals surface area contributed by atoms with Crippen molar-refractivity contribution in [3.05, 3.63) is 53.9 Å². The van der Waals surface area contributed by atoms with Gasteiger partial charge in [0.1, 0.15) is 5.82 Å². The first-order chi connectivity index (χ1) is 8.78. The van der Waals surface area contributed by atoms with E-state index < -0.39 is 0 Å². The maximum Gasteiger partial charge on any atom is 0.123 e. The number of benzene rings is 1. The number of nitrogens with one attached hydrogen (secondary N) is 1. The van der Waals surface area contributed by atoms with Crippen LogP contribution in [0.1, 0.15) is 24.6 Å². The number of hydrogen-bond donors (Lipinski definition) is 1. The Hall–Kier alpha value is -1.68. The Kier molecular flexibility index (Phi) is 4.47. The minimum atomic E-state index is -0.197. The van der Waals surface area contributed by atoms with E-state index in [4.69, 9.17) is 0 Å². The molecule has 1 N–H and O–H groups in total. The molecule has 18 heavy (non-hydrogen) atoms. The molecule has 0 bridgehead atoms. The van der Waals surface area contributed by atoms with Gasteiger partial charge in [0.15, 0.2) is 0 Å². The fourth-order valence-electron chi connectivity index (χ4n) is 1.82. The summed E-state index contributed by atoms with van der Waals surface area (Å²) >= 11 is 0. The summed E-state index contributed by atoms with van der Waals surface area (Å²) in [6.45, 7) is 4.56. The summed E-state index contributed by atoms with van der Waals surface area (Å²) in [4.78, 5) is 4.31. The number of nitrogens with zero attached hydrogens (tertiary/aromatic N) is 2. The zero-order valence-corrected chi connectivity index (χ0v) is 10.6. The molecule has 0 aliphatic carbocycles. The topological polar surface area (TPSA) is 29.9 Å². The van der Waals surface area contributed by atoms with Gasteiger partial charge >= 0.3 is 0 Å². The van der Waals surface area contributed by atoms with E-state index >= 15 is 0 Å². The molecule has 0 fully saturated rings. The van der Waals surface area contributed by atoms with E-state index in [1.807, 2.05) is 16.8 Å².